The van der Waals surface area contributed by atoms with E-state index in [0.717, 1.165) is 74.5 Å². The molecule has 0 aromatic heterocycles. The van der Waals surface area contributed by atoms with Crippen LogP contribution in [0.2, 0.25) is 0 Å². The molecule has 0 fully saturated rings. The van der Waals surface area contributed by atoms with Crippen LogP contribution in [0, 0.1) is 24.7 Å². The largest absolute Gasteiger partial charge is 0.573 e. The molecule has 296 valence electrons. The van der Waals surface area contributed by atoms with E-state index >= 15 is 0 Å². The van der Waals surface area contributed by atoms with Gasteiger partial charge in [0.1, 0.15) is 5.75 Å². The zero-order valence-corrected chi connectivity index (χ0v) is 34.3. The monoisotopic (exact) mass is 733 g/mol. The number of amides is 1. The molecule has 8 heteroatoms. The lowest BCUT2D eigenvalue weighted by Gasteiger charge is -2.21. The molecule has 1 amide bonds. The van der Waals surface area contributed by atoms with E-state index < -0.39 is 6.36 Å². The van der Waals surface area contributed by atoms with Gasteiger partial charge in [0.25, 0.3) is 5.91 Å². The van der Waals surface area contributed by atoms with E-state index in [1.54, 1.807) is 13.8 Å². The van der Waals surface area contributed by atoms with Crippen molar-refractivity contribution in [2.45, 2.75) is 140 Å². The Morgan fingerprint density at radius 3 is 1.90 bits per heavy atom. The van der Waals surface area contributed by atoms with E-state index in [2.05, 4.69) is 94.6 Å². The lowest BCUT2D eigenvalue weighted by Crippen LogP contribution is -2.37. The molecular formula is C44H71F3N2O3. The molecule has 2 aromatic carbocycles. The van der Waals surface area contributed by atoms with Crippen molar-refractivity contribution in [3.8, 4) is 5.75 Å². The van der Waals surface area contributed by atoms with Crippen LogP contribution in [-0.2, 0) is 0 Å². The van der Waals surface area contributed by atoms with Gasteiger partial charge in [0.05, 0.1) is 0 Å². The number of alkyl halides is 3. The Morgan fingerprint density at radius 1 is 0.827 bits per heavy atom. The first-order chi connectivity index (χ1) is 24.6. The Bertz CT molecular complexity index is 1390. The van der Waals surface area contributed by atoms with Crippen molar-refractivity contribution in [1.29, 1.82) is 0 Å². The van der Waals surface area contributed by atoms with Crippen LogP contribution in [0.3, 0.4) is 0 Å². The van der Waals surface area contributed by atoms with Crippen molar-refractivity contribution in [2.24, 2.45) is 17.8 Å². The summed E-state index contributed by atoms with van der Waals surface area (Å²) in [6.45, 7) is 27.1. The summed E-state index contributed by atoms with van der Waals surface area (Å²) in [5, 5.41) is 5.54. The molecule has 0 spiro atoms. The number of nitrogens with one attached hydrogen (secondary N) is 1. The molecule has 0 radical (unpaired) electrons. The molecule has 0 bridgehead atoms. The highest BCUT2D eigenvalue weighted by atomic mass is 19.4. The average molecular weight is 733 g/mol. The highest BCUT2D eigenvalue weighted by Crippen LogP contribution is 2.24. The maximum absolute atomic E-state index is 12.7. The number of rotatable bonds is 19. The molecule has 0 saturated carbocycles. The number of hydrogen-bond donors (Lipinski definition) is 1. The SMILES string of the molecule is CC(C)C(=O)c1cccc(OC(F)(F)F)c1.CC/C=c1/cc(C(=O)NCCN(CCC)CCC)c(C)c/c1=C\CC(C)C.CCCC(CC)CCC. The van der Waals surface area contributed by atoms with Gasteiger partial charge in [0.15, 0.2) is 5.78 Å². The normalized spacial score (nSPS) is 12.2. The van der Waals surface area contributed by atoms with Gasteiger partial charge in [-0.1, -0.05) is 132 Å². The third kappa shape index (κ3) is 21.4. The smallest absolute Gasteiger partial charge is 0.406 e. The topological polar surface area (TPSA) is 58.6 Å². The van der Waals surface area contributed by atoms with Crippen LogP contribution in [0.5, 0.6) is 5.75 Å². The molecule has 52 heavy (non-hydrogen) atoms. The molecule has 0 aliphatic carbocycles. The second-order valence-electron chi connectivity index (χ2n) is 14.3. The Hall–Kier alpha value is -3.13. The van der Waals surface area contributed by atoms with E-state index in [4.69, 9.17) is 0 Å². The van der Waals surface area contributed by atoms with E-state index in [9.17, 15) is 22.8 Å². The van der Waals surface area contributed by atoms with Crippen molar-refractivity contribution in [3.05, 3.63) is 63.5 Å². The van der Waals surface area contributed by atoms with Crippen LogP contribution in [0.1, 0.15) is 153 Å². The number of halogens is 3. The number of ether oxygens (including phenoxy) is 1. The van der Waals surface area contributed by atoms with Gasteiger partial charge in [-0.15, -0.1) is 13.2 Å². The minimum absolute atomic E-state index is 0.0432. The molecular weight excluding hydrogens is 661 g/mol. The molecule has 0 atom stereocenters. The molecule has 0 aliphatic rings. The predicted octanol–water partition coefficient (Wildman–Crippen LogP) is 10.9. The Kier molecular flexibility index (Phi) is 25.8. The van der Waals surface area contributed by atoms with E-state index in [1.807, 2.05) is 6.92 Å². The fraction of sp³-hybridized carbons (Fsp3) is 0.636. The van der Waals surface area contributed by atoms with Crippen molar-refractivity contribution in [1.82, 2.24) is 10.2 Å². The number of aryl methyl sites for hydroxylation is 1. The fourth-order valence-electron chi connectivity index (χ4n) is 5.87. The van der Waals surface area contributed by atoms with Crippen LogP contribution >= 0.6 is 0 Å². The van der Waals surface area contributed by atoms with Crippen molar-refractivity contribution in [2.75, 3.05) is 26.2 Å². The molecule has 1 N–H and O–H groups in total. The first-order valence-corrected chi connectivity index (χ1v) is 19.8. The first kappa shape index (κ1) is 48.9. The Balaban J connectivity index is 0.000000872. The van der Waals surface area contributed by atoms with Gasteiger partial charge in [-0.05, 0) is 91.7 Å². The van der Waals surface area contributed by atoms with E-state index in [0.29, 0.717) is 12.5 Å². The standard InChI is InChI=1S/C24H40N2O.C11H11F3O2.C9H20/c1-7-10-21-18-23(20(6)17-22(21)12-11-19(4)5)24(27)25-13-16-26(14-8-2)15-9-3;1-7(2)10(15)8-4-3-5-9(6-8)16-11(12,13)14;1-4-7-9(6-3)8-5-2/h10,12,17-19H,7-9,11,13-16H2,1-6H3,(H,25,27);3-7H,1-2H3;9H,4-8H2,1-3H3/b21-10-,22-12+;;. The summed E-state index contributed by atoms with van der Waals surface area (Å²) < 4.78 is 39.5. The summed E-state index contributed by atoms with van der Waals surface area (Å²) in [6.07, 6.45) is 11.1. The van der Waals surface area contributed by atoms with Crippen LogP contribution in [0.4, 0.5) is 13.2 Å². The van der Waals surface area contributed by atoms with Gasteiger partial charge >= 0.3 is 6.36 Å². The molecule has 0 unspecified atom stereocenters. The number of Topliss-reactive ketones (excluding diaryl/α,β-unsaturated/α-hetero) is 1. The Labute approximate surface area is 314 Å². The van der Waals surface area contributed by atoms with Crippen LogP contribution < -0.4 is 20.5 Å². The molecule has 0 saturated heterocycles. The zero-order chi connectivity index (χ0) is 39.7. The molecule has 0 aliphatic heterocycles. The van der Waals surface area contributed by atoms with Crippen LogP contribution in [-0.4, -0.2) is 49.1 Å². The van der Waals surface area contributed by atoms with Gasteiger partial charge < -0.3 is 15.0 Å². The number of carbonyl (C=O) groups is 2. The molecule has 2 rings (SSSR count). The highest BCUT2D eigenvalue weighted by Gasteiger charge is 2.31. The summed E-state index contributed by atoms with van der Waals surface area (Å²) in [4.78, 5) is 26.7. The van der Waals surface area contributed by atoms with Gasteiger partial charge in [-0.3, -0.25) is 9.59 Å². The zero-order valence-electron chi connectivity index (χ0n) is 34.3. The number of hydrogen-bond acceptors (Lipinski definition) is 4. The van der Waals surface area contributed by atoms with Gasteiger partial charge in [0, 0.05) is 30.1 Å². The summed E-state index contributed by atoms with van der Waals surface area (Å²) in [7, 11) is 0. The van der Waals surface area contributed by atoms with Crippen LogP contribution in [0.15, 0.2) is 36.4 Å². The van der Waals surface area contributed by atoms with Gasteiger partial charge in [-0.25, -0.2) is 0 Å². The summed E-state index contributed by atoms with van der Waals surface area (Å²) in [6, 6.07) is 9.30. The minimum atomic E-state index is -4.74. The molecule has 5 nitrogen and oxygen atoms in total. The average Bonchev–Trinajstić information content (AvgIpc) is 3.07. The van der Waals surface area contributed by atoms with Crippen molar-refractivity contribution in [3.63, 3.8) is 0 Å². The highest BCUT2D eigenvalue weighted by molar-refractivity contribution is 5.97. The van der Waals surface area contributed by atoms with Gasteiger partial charge in [0.2, 0.25) is 0 Å². The van der Waals surface area contributed by atoms with E-state index in [1.165, 1.54) is 54.7 Å². The number of carbonyl (C=O) groups excluding carboxylic acids is 2. The number of ketones is 1. The maximum Gasteiger partial charge on any atom is 0.573 e. The maximum atomic E-state index is 12.7. The summed E-state index contributed by atoms with van der Waals surface area (Å²) in [5.41, 5.74) is 2.07. The third-order valence-corrected chi connectivity index (χ3v) is 8.55. The fourth-order valence-corrected chi connectivity index (χ4v) is 5.87. The first-order valence-electron chi connectivity index (χ1n) is 19.8. The van der Waals surface area contributed by atoms with Crippen molar-refractivity contribution < 1.29 is 27.5 Å². The quantitative estimate of drug-likeness (QED) is 0.146. The summed E-state index contributed by atoms with van der Waals surface area (Å²) in [5.74, 6) is 0.839. The lowest BCUT2D eigenvalue weighted by molar-refractivity contribution is -0.274. The number of nitrogens with zero attached hydrogens (tertiary/aromatic N) is 1. The third-order valence-electron chi connectivity index (χ3n) is 8.55. The second-order valence-corrected chi connectivity index (χ2v) is 14.3. The number of benzene rings is 2. The van der Waals surface area contributed by atoms with Crippen LogP contribution in [0.25, 0.3) is 12.2 Å². The predicted molar refractivity (Wildman–Crippen MR) is 214 cm³/mol. The minimum Gasteiger partial charge on any atom is -0.406 e. The molecule has 2 aromatic rings. The van der Waals surface area contributed by atoms with Crippen molar-refractivity contribution >= 4 is 23.8 Å². The second kappa shape index (κ2) is 27.5. The molecule has 0 heterocycles. The summed E-state index contributed by atoms with van der Waals surface area (Å²) >= 11 is 0. The van der Waals surface area contributed by atoms with Gasteiger partial charge in [-0.2, -0.15) is 0 Å². The lowest BCUT2D eigenvalue weighted by atomic mass is 9.96. The Morgan fingerprint density at radius 2 is 1.42 bits per heavy atom. The van der Waals surface area contributed by atoms with E-state index in [-0.39, 0.29) is 28.9 Å².